The summed E-state index contributed by atoms with van der Waals surface area (Å²) in [6.07, 6.45) is 6.78. The minimum atomic E-state index is -3.55. The van der Waals surface area contributed by atoms with Crippen LogP contribution in [0.3, 0.4) is 0 Å². The minimum Gasteiger partial charge on any atom is -0.497 e. The SMILES string of the molecule is COc1ccc(S(=O)(=O)NCCn2cc(-c3ccoc3)cn2)cc1. The first-order valence-electron chi connectivity index (χ1n) is 7.27. The van der Waals surface area contributed by atoms with E-state index in [0.29, 0.717) is 12.3 Å². The van der Waals surface area contributed by atoms with Gasteiger partial charge in [0.05, 0.1) is 37.3 Å². The Bertz CT molecular complexity index is 884. The van der Waals surface area contributed by atoms with Gasteiger partial charge >= 0.3 is 0 Å². The Morgan fingerprint density at radius 3 is 2.67 bits per heavy atom. The third-order valence-electron chi connectivity index (χ3n) is 3.49. The summed E-state index contributed by atoms with van der Waals surface area (Å²) in [6, 6.07) is 8.07. The summed E-state index contributed by atoms with van der Waals surface area (Å²) in [4.78, 5) is 0.197. The number of nitrogens with one attached hydrogen (secondary N) is 1. The van der Waals surface area contributed by atoms with E-state index in [0.717, 1.165) is 11.1 Å². The largest absolute Gasteiger partial charge is 0.497 e. The van der Waals surface area contributed by atoms with Gasteiger partial charge in [0.25, 0.3) is 0 Å². The lowest BCUT2D eigenvalue weighted by Crippen LogP contribution is -2.27. The fraction of sp³-hybridized carbons (Fsp3) is 0.188. The molecule has 0 unspecified atom stereocenters. The summed E-state index contributed by atoms with van der Waals surface area (Å²) in [7, 11) is -2.02. The summed E-state index contributed by atoms with van der Waals surface area (Å²) in [6.45, 7) is 0.661. The zero-order chi connectivity index (χ0) is 17.0. The number of hydrogen-bond acceptors (Lipinski definition) is 5. The van der Waals surface area contributed by atoms with Crippen molar-refractivity contribution in [3.63, 3.8) is 0 Å². The normalized spacial score (nSPS) is 11.5. The van der Waals surface area contributed by atoms with Gasteiger partial charge in [-0.1, -0.05) is 0 Å². The van der Waals surface area contributed by atoms with Crippen LogP contribution in [0.15, 0.2) is 64.6 Å². The maximum Gasteiger partial charge on any atom is 0.240 e. The second-order valence-electron chi connectivity index (χ2n) is 5.08. The maximum atomic E-state index is 12.2. The Balaban J connectivity index is 1.59. The summed E-state index contributed by atoms with van der Waals surface area (Å²) in [5.74, 6) is 0.609. The monoisotopic (exact) mass is 347 g/mol. The molecule has 3 aromatic rings. The van der Waals surface area contributed by atoms with E-state index in [1.165, 1.54) is 19.2 Å². The van der Waals surface area contributed by atoms with Gasteiger partial charge in [-0.2, -0.15) is 5.10 Å². The lowest BCUT2D eigenvalue weighted by Gasteiger charge is -2.07. The van der Waals surface area contributed by atoms with Crippen LogP contribution >= 0.6 is 0 Å². The standard InChI is InChI=1S/C16H17N3O4S/c1-22-15-2-4-16(5-3-15)24(20,21)18-7-8-19-11-14(10-17-19)13-6-9-23-12-13/h2-6,9-12,18H,7-8H2,1H3. The smallest absolute Gasteiger partial charge is 0.240 e. The van der Waals surface area contributed by atoms with Crippen molar-refractivity contribution in [2.45, 2.75) is 11.4 Å². The average Bonchev–Trinajstić information content (AvgIpc) is 3.26. The zero-order valence-electron chi connectivity index (χ0n) is 13.0. The molecule has 0 bridgehead atoms. The molecule has 3 rings (SSSR count). The van der Waals surface area contributed by atoms with E-state index in [4.69, 9.17) is 9.15 Å². The van der Waals surface area contributed by atoms with E-state index in [2.05, 4.69) is 9.82 Å². The van der Waals surface area contributed by atoms with Crippen LogP contribution in [0.25, 0.3) is 11.1 Å². The zero-order valence-corrected chi connectivity index (χ0v) is 13.9. The van der Waals surface area contributed by atoms with Crippen molar-refractivity contribution < 1.29 is 17.6 Å². The summed E-state index contributed by atoms with van der Waals surface area (Å²) in [5.41, 5.74) is 1.85. The third-order valence-corrected chi connectivity index (χ3v) is 4.97. The molecule has 2 heterocycles. The van der Waals surface area contributed by atoms with Crippen LogP contribution in [-0.2, 0) is 16.6 Å². The molecule has 24 heavy (non-hydrogen) atoms. The van der Waals surface area contributed by atoms with Crippen LogP contribution in [0.1, 0.15) is 0 Å². The molecule has 0 aliphatic rings. The number of rotatable bonds is 7. The van der Waals surface area contributed by atoms with Crippen molar-refractivity contribution in [1.82, 2.24) is 14.5 Å². The Morgan fingerprint density at radius 1 is 1.21 bits per heavy atom. The fourth-order valence-electron chi connectivity index (χ4n) is 2.20. The molecule has 1 N–H and O–H groups in total. The molecule has 2 aromatic heterocycles. The lowest BCUT2D eigenvalue weighted by atomic mass is 10.2. The lowest BCUT2D eigenvalue weighted by molar-refractivity contribution is 0.414. The number of hydrogen-bond donors (Lipinski definition) is 1. The van der Waals surface area contributed by atoms with Gasteiger partial charge in [-0.05, 0) is 30.3 Å². The predicted molar refractivity (Wildman–Crippen MR) is 88.1 cm³/mol. The van der Waals surface area contributed by atoms with E-state index < -0.39 is 10.0 Å². The van der Waals surface area contributed by atoms with Gasteiger partial charge in [-0.25, -0.2) is 13.1 Å². The van der Waals surface area contributed by atoms with Gasteiger partial charge in [0.2, 0.25) is 10.0 Å². The molecule has 0 aliphatic heterocycles. The Morgan fingerprint density at radius 2 is 2.00 bits per heavy atom. The topological polar surface area (TPSA) is 86.4 Å². The van der Waals surface area contributed by atoms with Crippen molar-refractivity contribution in [3.05, 3.63) is 55.3 Å². The van der Waals surface area contributed by atoms with E-state index in [1.807, 2.05) is 12.3 Å². The molecule has 0 saturated heterocycles. The number of methoxy groups -OCH3 is 1. The van der Waals surface area contributed by atoms with Crippen molar-refractivity contribution in [2.24, 2.45) is 0 Å². The van der Waals surface area contributed by atoms with Crippen molar-refractivity contribution in [1.29, 1.82) is 0 Å². The van der Waals surface area contributed by atoms with Crippen LogP contribution in [0.5, 0.6) is 5.75 Å². The molecule has 126 valence electrons. The number of aromatic nitrogens is 2. The van der Waals surface area contributed by atoms with Crippen LogP contribution in [0.2, 0.25) is 0 Å². The van der Waals surface area contributed by atoms with Gasteiger partial charge < -0.3 is 9.15 Å². The average molecular weight is 347 g/mol. The van der Waals surface area contributed by atoms with Crippen LogP contribution in [-0.4, -0.2) is 31.9 Å². The third kappa shape index (κ3) is 3.66. The van der Waals surface area contributed by atoms with Gasteiger partial charge in [0, 0.05) is 23.9 Å². The quantitative estimate of drug-likeness (QED) is 0.707. The van der Waals surface area contributed by atoms with Crippen LogP contribution in [0, 0.1) is 0 Å². The van der Waals surface area contributed by atoms with Gasteiger partial charge in [-0.15, -0.1) is 0 Å². The minimum absolute atomic E-state index is 0.197. The number of nitrogens with zero attached hydrogens (tertiary/aromatic N) is 2. The van der Waals surface area contributed by atoms with Crippen molar-refractivity contribution in [2.75, 3.05) is 13.7 Å². The van der Waals surface area contributed by atoms with E-state index in [1.54, 1.807) is 35.5 Å². The summed E-state index contributed by atoms with van der Waals surface area (Å²) in [5, 5.41) is 4.21. The number of furan rings is 1. The highest BCUT2D eigenvalue weighted by molar-refractivity contribution is 7.89. The molecular weight excluding hydrogens is 330 g/mol. The van der Waals surface area contributed by atoms with Crippen LogP contribution < -0.4 is 9.46 Å². The molecule has 7 nitrogen and oxygen atoms in total. The molecular formula is C16H17N3O4S. The van der Waals surface area contributed by atoms with E-state index in [9.17, 15) is 8.42 Å². The molecule has 0 spiro atoms. The highest BCUT2D eigenvalue weighted by Crippen LogP contribution is 2.18. The van der Waals surface area contributed by atoms with E-state index in [-0.39, 0.29) is 11.4 Å². The fourth-order valence-corrected chi connectivity index (χ4v) is 3.22. The first kappa shape index (κ1) is 16.3. The Hall–Kier alpha value is -2.58. The molecule has 0 atom stereocenters. The van der Waals surface area contributed by atoms with Crippen molar-refractivity contribution in [3.8, 4) is 16.9 Å². The molecule has 0 aliphatic carbocycles. The second-order valence-corrected chi connectivity index (χ2v) is 6.84. The summed E-state index contributed by atoms with van der Waals surface area (Å²) < 4.78 is 38.7. The number of ether oxygens (including phenoxy) is 1. The van der Waals surface area contributed by atoms with E-state index >= 15 is 0 Å². The van der Waals surface area contributed by atoms with Gasteiger partial charge in [-0.3, -0.25) is 4.68 Å². The summed E-state index contributed by atoms with van der Waals surface area (Å²) >= 11 is 0. The van der Waals surface area contributed by atoms with Crippen molar-refractivity contribution >= 4 is 10.0 Å². The highest BCUT2D eigenvalue weighted by atomic mass is 32.2. The first-order chi connectivity index (χ1) is 11.6. The maximum absolute atomic E-state index is 12.2. The first-order valence-corrected chi connectivity index (χ1v) is 8.75. The molecule has 8 heteroatoms. The number of benzene rings is 1. The highest BCUT2D eigenvalue weighted by Gasteiger charge is 2.13. The number of sulfonamides is 1. The predicted octanol–water partition coefficient (Wildman–Crippen LogP) is 2.13. The molecule has 0 radical (unpaired) electrons. The van der Waals surface area contributed by atoms with Crippen LogP contribution in [0.4, 0.5) is 0 Å². The second kappa shape index (κ2) is 6.90. The molecule has 1 aromatic carbocycles. The Labute approximate surface area is 139 Å². The molecule has 0 amide bonds. The molecule has 0 fully saturated rings. The van der Waals surface area contributed by atoms with Gasteiger partial charge in [0.1, 0.15) is 5.75 Å². The van der Waals surface area contributed by atoms with Gasteiger partial charge in [0.15, 0.2) is 0 Å². The Kier molecular flexibility index (Phi) is 4.68. The molecule has 0 saturated carbocycles.